The van der Waals surface area contributed by atoms with Gasteiger partial charge in [-0.2, -0.15) is 0 Å². The van der Waals surface area contributed by atoms with Crippen molar-refractivity contribution in [2.24, 2.45) is 13.0 Å². The molecule has 30 heavy (non-hydrogen) atoms. The number of likely N-dealkylation sites (tertiary alicyclic amines) is 1. The van der Waals surface area contributed by atoms with Crippen molar-refractivity contribution in [2.75, 3.05) is 33.2 Å². The van der Waals surface area contributed by atoms with Crippen molar-refractivity contribution in [3.05, 3.63) is 60.1 Å². The highest BCUT2D eigenvalue weighted by Crippen LogP contribution is 2.28. The first-order chi connectivity index (χ1) is 14.7. The van der Waals surface area contributed by atoms with Crippen LogP contribution < -0.4 is 0 Å². The third-order valence-electron chi connectivity index (χ3n) is 5.68. The fraction of sp³-hybridized carbons (Fsp3) is 0.478. The Morgan fingerprint density at radius 3 is 2.80 bits per heavy atom. The van der Waals surface area contributed by atoms with Crippen LogP contribution in [0.25, 0.3) is 0 Å². The minimum atomic E-state index is 0.724. The van der Waals surface area contributed by atoms with Gasteiger partial charge in [-0.1, -0.05) is 30.3 Å². The summed E-state index contributed by atoms with van der Waals surface area (Å²) in [5, 5.41) is 9.76. The van der Waals surface area contributed by atoms with Crippen LogP contribution in [0.4, 0.5) is 0 Å². The average molecular weight is 426 g/mol. The molecule has 0 spiro atoms. The molecule has 160 valence electrons. The van der Waals surface area contributed by atoms with E-state index < -0.39 is 0 Å². The smallest absolute Gasteiger partial charge is 0.198 e. The van der Waals surface area contributed by atoms with Gasteiger partial charge in [0, 0.05) is 26.7 Å². The van der Waals surface area contributed by atoms with Crippen LogP contribution in [0.5, 0.6) is 0 Å². The number of benzene rings is 1. The molecule has 0 radical (unpaired) electrons. The summed E-state index contributed by atoms with van der Waals surface area (Å²) in [6.07, 6.45) is 5.38. The Morgan fingerprint density at radius 2 is 2.03 bits per heavy atom. The summed E-state index contributed by atoms with van der Waals surface area (Å²) in [6.45, 7) is 5.40. The van der Waals surface area contributed by atoms with Gasteiger partial charge in [-0.05, 0) is 68.2 Å². The summed E-state index contributed by atoms with van der Waals surface area (Å²) < 4.78 is 8.04. The van der Waals surface area contributed by atoms with E-state index in [-0.39, 0.29) is 0 Å². The Bertz CT molecular complexity index is 909. The molecule has 1 aliphatic heterocycles. The lowest BCUT2D eigenvalue weighted by molar-refractivity contribution is 0.141. The van der Waals surface area contributed by atoms with Crippen molar-refractivity contribution in [1.29, 1.82) is 0 Å². The number of rotatable bonds is 9. The van der Waals surface area contributed by atoms with E-state index in [1.165, 1.54) is 43.3 Å². The molecule has 1 atom stereocenters. The van der Waals surface area contributed by atoms with E-state index in [9.17, 15) is 0 Å². The Labute approximate surface area is 183 Å². The Hall–Kier alpha value is -2.09. The molecule has 7 heteroatoms. The molecular weight excluding hydrogens is 394 g/mol. The van der Waals surface area contributed by atoms with Gasteiger partial charge in [-0.15, -0.1) is 10.2 Å². The summed E-state index contributed by atoms with van der Waals surface area (Å²) in [7, 11) is 4.18. The van der Waals surface area contributed by atoms with Gasteiger partial charge in [0.15, 0.2) is 10.2 Å². The molecule has 3 aromatic rings. The van der Waals surface area contributed by atoms with Crippen LogP contribution in [0.2, 0.25) is 0 Å². The van der Waals surface area contributed by atoms with Crippen LogP contribution >= 0.6 is 11.8 Å². The van der Waals surface area contributed by atoms with E-state index >= 15 is 0 Å². The van der Waals surface area contributed by atoms with Gasteiger partial charge in [0.1, 0.15) is 12.1 Å². The summed E-state index contributed by atoms with van der Waals surface area (Å²) in [5.41, 5.74) is 1.39. The maximum Gasteiger partial charge on any atom is 0.198 e. The van der Waals surface area contributed by atoms with Crippen molar-refractivity contribution in [3.63, 3.8) is 0 Å². The molecule has 0 amide bonds. The first-order valence-electron chi connectivity index (χ1n) is 10.7. The van der Waals surface area contributed by atoms with Crippen LogP contribution in [0.3, 0.4) is 0 Å². The maximum absolute atomic E-state index is 6.13. The molecule has 1 fully saturated rings. The first-order valence-corrected chi connectivity index (χ1v) is 11.5. The molecule has 0 aliphatic carbocycles. The molecule has 0 bridgehead atoms. The molecule has 6 nitrogen and oxygen atoms in total. The lowest BCUT2D eigenvalue weighted by Crippen LogP contribution is -2.39. The summed E-state index contributed by atoms with van der Waals surface area (Å²) >= 11 is 1.51. The van der Waals surface area contributed by atoms with Gasteiger partial charge in [0.25, 0.3) is 0 Å². The van der Waals surface area contributed by atoms with E-state index in [1.54, 1.807) is 6.33 Å². The van der Waals surface area contributed by atoms with Crippen molar-refractivity contribution >= 4 is 11.8 Å². The summed E-state index contributed by atoms with van der Waals surface area (Å²) in [4.78, 5) is 5.03. The molecule has 0 N–H and O–H groups in total. The number of aryl methyl sites for hydroxylation is 1. The number of piperidine rings is 1. The minimum Gasteiger partial charge on any atom is -0.453 e. The fourth-order valence-corrected chi connectivity index (χ4v) is 4.87. The second-order valence-electron chi connectivity index (χ2n) is 8.29. The topological polar surface area (TPSA) is 50.3 Å². The quantitative estimate of drug-likeness (QED) is 0.517. The molecule has 2 aromatic heterocycles. The molecule has 1 saturated heterocycles. The van der Waals surface area contributed by atoms with Gasteiger partial charge in [0.05, 0.1) is 6.54 Å². The van der Waals surface area contributed by atoms with Gasteiger partial charge in [0.2, 0.25) is 0 Å². The summed E-state index contributed by atoms with van der Waals surface area (Å²) in [6, 6.07) is 14.9. The Balaban J connectivity index is 1.40. The van der Waals surface area contributed by atoms with Gasteiger partial charge >= 0.3 is 0 Å². The summed E-state index contributed by atoms with van der Waals surface area (Å²) in [5.74, 6) is 1.74. The minimum absolute atomic E-state index is 0.724. The van der Waals surface area contributed by atoms with Gasteiger partial charge in [-0.3, -0.25) is 4.90 Å². The first kappa shape index (κ1) is 21.2. The predicted octanol–water partition coefficient (Wildman–Crippen LogP) is 3.95. The van der Waals surface area contributed by atoms with Crippen molar-refractivity contribution < 1.29 is 4.42 Å². The number of furan rings is 1. The Kier molecular flexibility index (Phi) is 7.25. The van der Waals surface area contributed by atoms with Crippen molar-refractivity contribution in [3.8, 4) is 0 Å². The largest absolute Gasteiger partial charge is 0.453 e. The molecule has 3 heterocycles. The third-order valence-corrected chi connectivity index (χ3v) is 6.65. The highest BCUT2D eigenvalue weighted by atomic mass is 32.2. The van der Waals surface area contributed by atoms with Gasteiger partial charge in [-0.25, -0.2) is 0 Å². The number of nitrogens with zero attached hydrogens (tertiary/aromatic N) is 5. The maximum atomic E-state index is 6.13. The number of aromatic nitrogens is 3. The van der Waals surface area contributed by atoms with E-state index in [0.29, 0.717) is 0 Å². The van der Waals surface area contributed by atoms with E-state index in [4.69, 9.17) is 4.42 Å². The number of hydrogen-bond acceptors (Lipinski definition) is 6. The van der Waals surface area contributed by atoms with Crippen LogP contribution in [0.15, 0.2) is 63.5 Å². The molecule has 0 saturated carbocycles. The molecular formula is C23H31N5OS. The monoisotopic (exact) mass is 425 g/mol. The third kappa shape index (κ3) is 5.97. The predicted molar refractivity (Wildman–Crippen MR) is 119 cm³/mol. The highest BCUT2D eigenvalue weighted by molar-refractivity contribution is 7.99. The normalized spacial score (nSPS) is 17.6. The van der Waals surface area contributed by atoms with E-state index in [1.807, 2.05) is 17.7 Å². The molecule has 1 aromatic carbocycles. The van der Waals surface area contributed by atoms with Crippen LogP contribution in [0, 0.1) is 5.92 Å². The molecule has 1 unspecified atom stereocenters. The van der Waals surface area contributed by atoms with Gasteiger partial charge < -0.3 is 13.9 Å². The van der Waals surface area contributed by atoms with Crippen LogP contribution in [-0.4, -0.2) is 57.8 Å². The van der Waals surface area contributed by atoms with Crippen molar-refractivity contribution in [2.45, 2.75) is 36.1 Å². The average Bonchev–Trinajstić information content (AvgIpc) is 3.36. The SMILES string of the molecule is CN1CCCC(CN(CCc2ccccc2)Cc2ccc(Sc3nncn3C)o2)C1. The molecule has 4 rings (SSSR count). The zero-order valence-electron chi connectivity index (χ0n) is 17.9. The second-order valence-corrected chi connectivity index (χ2v) is 9.26. The van der Waals surface area contributed by atoms with E-state index in [2.05, 4.69) is 63.4 Å². The zero-order valence-corrected chi connectivity index (χ0v) is 18.7. The zero-order chi connectivity index (χ0) is 20.8. The lowest BCUT2D eigenvalue weighted by Gasteiger charge is -2.33. The lowest BCUT2D eigenvalue weighted by atomic mass is 9.97. The Morgan fingerprint density at radius 1 is 1.17 bits per heavy atom. The number of hydrogen-bond donors (Lipinski definition) is 0. The van der Waals surface area contributed by atoms with Crippen molar-refractivity contribution in [1.82, 2.24) is 24.6 Å². The van der Waals surface area contributed by atoms with Crippen LogP contribution in [0.1, 0.15) is 24.2 Å². The van der Waals surface area contributed by atoms with E-state index in [0.717, 1.165) is 48.0 Å². The second kappa shape index (κ2) is 10.3. The highest BCUT2D eigenvalue weighted by Gasteiger charge is 2.21. The standard InChI is InChI=1S/C23H31N5OS/c1-26-13-6-9-20(15-26)16-28(14-12-19-7-4-3-5-8-19)17-21-10-11-22(29-21)30-23-25-24-18-27(23)2/h3-5,7-8,10-11,18,20H,6,9,12-17H2,1-2H3. The fourth-order valence-electron chi connectivity index (χ4n) is 4.13. The molecule has 1 aliphatic rings. The van der Waals surface area contributed by atoms with Crippen LogP contribution in [-0.2, 0) is 20.0 Å².